The van der Waals surface area contributed by atoms with Gasteiger partial charge in [-0.25, -0.2) is 4.98 Å². The number of nitriles is 1. The number of aryl methyl sites for hydroxylation is 1. The first-order valence-corrected chi connectivity index (χ1v) is 8.24. The molecule has 0 aliphatic rings. The van der Waals surface area contributed by atoms with E-state index in [0.717, 1.165) is 11.3 Å². The zero-order valence-electron chi connectivity index (χ0n) is 14.0. The van der Waals surface area contributed by atoms with Gasteiger partial charge in [-0.15, -0.1) is 0 Å². The van der Waals surface area contributed by atoms with E-state index in [2.05, 4.69) is 21.7 Å². The van der Waals surface area contributed by atoms with Crippen LogP contribution in [0.1, 0.15) is 21.5 Å². The Morgan fingerprint density at radius 1 is 1.08 bits per heavy atom. The Kier molecular flexibility index (Phi) is 5.16. The smallest absolute Gasteiger partial charge is 0.255 e. The van der Waals surface area contributed by atoms with Gasteiger partial charge in [0.25, 0.3) is 5.91 Å². The summed E-state index contributed by atoms with van der Waals surface area (Å²) >= 11 is 6.09. The summed E-state index contributed by atoms with van der Waals surface area (Å²) in [6.45, 7) is 1.90. The van der Waals surface area contributed by atoms with Crippen LogP contribution in [0.5, 0.6) is 0 Å². The average molecular weight is 363 g/mol. The molecule has 2 N–H and O–H groups in total. The van der Waals surface area contributed by atoms with Gasteiger partial charge in [0.05, 0.1) is 11.6 Å². The lowest BCUT2D eigenvalue weighted by Gasteiger charge is -2.09. The Balaban J connectivity index is 1.74. The highest BCUT2D eigenvalue weighted by Crippen LogP contribution is 2.21. The molecule has 1 aromatic heterocycles. The third-order valence-corrected chi connectivity index (χ3v) is 4.15. The van der Waals surface area contributed by atoms with Gasteiger partial charge >= 0.3 is 0 Å². The molecule has 3 aromatic rings. The van der Waals surface area contributed by atoms with Crippen LogP contribution in [-0.2, 0) is 0 Å². The minimum atomic E-state index is -0.254. The number of carbonyl (C=O) groups is 1. The predicted octanol–water partition coefficient (Wildman–Crippen LogP) is 4.91. The van der Waals surface area contributed by atoms with Crippen molar-refractivity contribution in [3.63, 3.8) is 0 Å². The van der Waals surface area contributed by atoms with Gasteiger partial charge < -0.3 is 10.6 Å². The molecule has 0 unspecified atom stereocenters. The quantitative estimate of drug-likeness (QED) is 0.691. The summed E-state index contributed by atoms with van der Waals surface area (Å²) in [7, 11) is 0. The van der Waals surface area contributed by atoms with E-state index in [9.17, 15) is 4.79 Å². The van der Waals surface area contributed by atoms with Gasteiger partial charge in [-0.05, 0) is 61.0 Å². The number of rotatable bonds is 4. The van der Waals surface area contributed by atoms with Crippen LogP contribution in [0.3, 0.4) is 0 Å². The van der Waals surface area contributed by atoms with Gasteiger partial charge in [-0.3, -0.25) is 4.79 Å². The third-order valence-electron chi connectivity index (χ3n) is 3.74. The standard InChI is InChI=1S/C20H15ClN4O/c1-13-2-5-17(11-18(13)21)25-20(26)15-8-9-23-19(10-15)24-16-6-3-14(12-22)4-7-16/h2-11H,1H3,(H,23,24)(H,25,26). The van der Waals surface area contributed by atoms with Crippen LogP contribution in [0.15, 0.2) is 60.8 Å². The fourth-order valence-electron chi connectivity index (χ4n) is 2.29. The zero-order chi connectivity index (χ0) is 18.5. The molecule has 6 heteroatoms. The average Bonchev–Trinajstić information content (AvgIpc) is 2.65. The normalized spacial score (nSPS) is 10.0. The van der Waals surface area contributed by atoms with E-state index in [0.29, 0.717) is 27.7 Å². The molecule has 26 heavy (non-hydrogen) atoms. The molecule has 0 saturated heterocycles. The van der Waals surface area contributed by atoms with Crippen molar-refractivity contribution in [2.45, 2.75) is 6.92 Å². The van der Waals surface area contributed by atoms with Crippen molar-refractivity contribution in [2.75, 3.05) is 10.6 Å². The molecule has 0 bridgehead atoms. The number of amides is 1. The van der Waals surface area contributed by atoms with Gasteiger partial charge in [-0.1, -0.05) is 17.7 Å². The first kappa shape index (κ1) is 17.5. The van der Waals surface area contributed by atoms with Crippen LogP contribution in [0, 0.1) is 18.3 Å². The number of nitrogens with one attached hydrogen (secondary N) is 2. The number of pyridine rings is 1. The van der Waals surface area contributed by atoms with Gasteiger partial charge in [0.2, 0.25) is 0 Å². The molecule has 5 nitrogen and oxygen atoms in total. The third kappa shape index (κ3) is 4.18. The van der Waals surface area contributed by atoms with Gasteiger partial charge in [0, 0.05) is 28.2 Å². The maximum Gasteiger partial charge on any atom is 0.255 e. The monoisotopic (exact) mass is 362 g/mol. The number of carbonyl (C=O) groups excluding carboxylic acids is 1. The highest BCUT2D eigenvalue weighted by Gasteiger charge is 2.09. The summed E-state index contributed by atoms with van der Waals surface area (Å²) in [5.74, 6) is 0.277. The Morgan fingerprint density at radius 2 is 1.81 bits per heavy atom. The molecule has 3 rings (SSSR count). The topological polar surface area (TPSA) is 77.8 Å². The molecule has 128 valence electrons. The second-order valence-electron chi connectivity index (χ2n) is 5.66. The van der Waals surface area contributed by atoms with Crippen LogP contribution in [0.4, 0.5) is 17.2 Å². The van der Waals surface area contributed by atoms with E-state index < -0.39 is 0 Å². The van der Waals surface area contributed by atoms with Crippen molar-refractivity contribution < 1.29 is 4.79 Å². The fourth-order valence-corrected chi connectivity index (χ4v) is 2.47. The number of nitrogens with zero attached hydrogens (tertiary/aromatic N) is 2. The summed E-state index contributed by atoms with van der Waals surface area (Å²) in [5, 5.41) is 15.4. The number of hydrogen-bond acceptors (Lipinski definition) is 4. The van der Waals surface area contributed by atoms with Crippen molar-refractivity contribution in [1.82, 2.24) is 4.98 Å². The lowest BCUT2D eigenvalue weighted by molar-refractivity contribution is 0.102. The van der Waals surface area contributed by atoms with E-state index in [1.165, 1.54) is 0 Å². The second kappa shape index (κ2) is 7.68. The summed E-state index contributed by atoms with van der Waals surface area (Å²) in [6, 6.07) is 17.7. The molecular formula is C20H15ClN4O. The van der Waals surface area contributed by atoms with Crippen LogP contribution >= 0.6 is 11.6 Å². The molecule has 0 atom stereocenters. The predicted molar refractivity (Wildman–Crippen MR) is 103 cm³/mol. The number of hydrogen-bond donors (Lipinski definition) is 2. The number of anilines is 3. The molecule has 0 aliphatic heterocycles. The Hall–Kier alpha value is -3.36. The van der Waals surface area contributed by atoms with Crippen molar-refractivity contribution in [1.29, 1.82) is 5.26 Å². The zero-order valence-corrected chi connectivity index (χ0v) is 14.7. The molecule has 1 amide bonds. The van der Waals surface area contributed by atoms with Crippen molar-refractivity contribution >= 4 is 34.7 Å². The molecule has 2 aromatic carbocycles. The van der Waals surface area contributed by atoms with E-state index in [1.54, 1.807) is 54.7 Å². The van der Waals surface area contributed by atoms with Crippen molar-refractivity contribution in [3.05, 3.63) is 82.5 Å². The summed E-state index contributed by atoms with van der Waals surface area (Å²) < 4.78 is 0. The first-order valence-electron chi connectivity index (χ1n) is 7.86. The highest BCUT2D eigenvalue weighted by atomic mass is 35.5. The Morgan fingerprint density at radius 3 is 2.50 bits per heavy atom. The van der Waals surface area contributed by atoms with Crippen LogP contribution in [0.2, 0.25) is 5.02 Å². The van der Waals surface area contributed by atoms with E-state index >= 15 is 0 Å². The van der Waals surface area contributed by atoms with Crippen LogP contribution in [-0.4, -0.2) is 10.9 Å². The Bertz CT molecular complexity index is 993. The van der Waals surface area contributed by atoms with Gasteiger partial charge in [0.15, 0.2) is 0 Å². The first-order chi connectivity index (χ1) is 12.5. The molecule has 0 radical (unpaired) electrons. The molecule has 0 spiro atoms. The minimum Gasteiger partial charge on any atom is -0.340 e. The van der Waals surface area contributed by atoms with Crippen molar-refractivity contribution in [3.8, 4) is 6.07 Å². The molecule has 0 aliphatic carbocycles. The number of halogens is 1. The van der Waals surface area contributed by atoms with E-state index in [1.807, 2.05) is 13.0 Å². The highest BCUT2D eigenvalue weighted by molar-refractivity contribution is 6.31. The van der Waals surface area contributed by atoms with Crippen molar-refractivity contribution in [2.24, 2.45) is 0 Å². The maximum absolute atomic E-state index is 12.5. The SMILES string of the molecule is Cc1ccc(NC(=O)c2ccnc(Nc3ccc(C#N)cc3)c2)cc1Cl. The molecular weight excluding hydrogens is 348 g/mol. The summed E-state index contributed by atoms with van der Waals surface area (Å²) in [4.78, 5) is 16.7. The van der Waals surface area contributed by atoms with E-state index in [-0.39, 0.29) is 5.91 Å². The summed E-state index contributed by atoms with van der Waals surface area (Å²) in [6.07, 6.45) is 1.56. The second-order valence-corrected chi connectivity index (χ2v) is 6.07. The largest absolute Gasteiger partial charge is 0.340 e. The maximum atomic E-state index is 12.5. The Labute approximate surface area is 156 Å². The lowest BCUT2D eigenvalue weighted by Crippen LogP contribution is -2.12. The molecule has 1 heterocycles. The fraction of sp³-hybridized carbons (Fsp3) is 0.0500. The number of benzene rings is 2. The molecule has 0 fully saturated rings. The number of aromatic nitrogens is 1. The van der Waals surface area contributed by atoms with Crippen LogP contribution in [0.25, 0.3) is 0 Å². The molecule has 0 saturated carbocycles. The lowest BCUT2D eigenvalue weighted by atomic mass is 10.2. The summed E-state index contributed by atoms with van der Waals surface area (Å²) in [5.41, 5.74) is 3.40. The van der Waals surface area contributed by atoms with Gasteiger partial charge in [-0.2, -0.15) is 5.26 Å². The minimum absolute atomic E-state index is 0.254. The van der Waals surface area contributed by atoms with E-state index in [4.69, 9.17) is 16.9 Å². The van der Waals surface area contributed by atoms with Crippen LogP contribution < -0.4 is 10.6 Å². The van der Waals surface area contributed by atoms with Gasteiger partial charge in [0.1, 0.15) is 5.82 Å².